The van der Waals surface area contributed by atoms with Crippen LogP contribution in [0, 0.1) is 0 Å². The molecule has 1 aromatic rings. The Labute approximate surface area is 95.9 Å². The molecule has 0 heterocycles. The summed E-state index contributed by atoms with van der Waals surface area (Å²) in [5, 5.41) is 8.34. The number of carbonyl (C=O) groups is 1. The maximum absolute atomic E-state index is 10.2. The monoisotopic (exact) mass is 216 g/mol. The molecular weight excluding hydrogens is 200 g/mol. The van der Waals surface area contributed by atoms with Crippen LogP contribution in [0.15, 0.2) is 54.6 Å². The Balaban J connectivity index is 2.15. The second-order valence-corrected chi connectivity index (χ2v) is 3.50. The van der Waals surface area contributed by atoms with Gasteiger partial charge < -0.3 is 5.11 Å². The van der Waals surface area contributed by atoms with Gasteiger partial charge in [-0.1, -0.05) is 48.6 Å². The van der Waals surface area contributed by atoms with Gasteiger partial charge in [-0.3, -0.25) is 0 Å². The average Bonchev–Trinajstić information content (AvgIpc) is 2.29. The molecule has 1 rings (SSSR count). The number of unbranched alkanes of at least 4 members (excludes halogenated alkanes) is 1. The zero-order valence-electron chi connectivity index (χ0n) is 9.17. The van der Waals surface area contributed by atoms with Crippen LogP contribution in [0.5, 0.6) is 0 Å². The van der Waals surface area contributed by atoms with Gasteiger partial charge in [0.25, 0.3) is 0 Å². The second-order valence-electron chi connectivity index (χ2n) is 3.50. The fraction of sp³-hybridized carbons (Fsp3) is 0.214. The Hall–Kier alpha value is -1.83. The van der Waals surface area contributed by atoms with Crippen molar-refractivity contribution in [3.8, 4) is 0 Å². The highest BCUT2D eigenvalue weighted by molar-refractivity contribution is 5.80. The zero-order chi connectivity index (χ0) is 11.6. The Morgan fingerprint density at radius 3 is 2.62 bits per heavy atom. The molecule has 1 N–H and O–H groups in total. The Kier molecular flexibility index (Phi) is 5.71. The molecule has 0 saturated carbocycles. The largest absolute Gasteiger partial charge is 0.478 e. The zero-order valence-corrected chi connectivity index (χ0v) is 9.17. The van der Waals surface area contributed by atoms with E-state index in [4.69, 9.17) is 5.11 Å². The van der Waals surface area contributed by atoms with Crippen LogP contribution in [-0.4, -0.2) is 11.1 Å². The molecule has 0 spiro atoms. The molecular formula is C14H16O2. The highest BCUT2D eigenvalue weighted by atomic mass is 16.4. The molecule has 1 aromatic carbocycles. The molecule has 2 nitrogen and oxygen atoms in total. The van der Waals surface area contributed by atoms with Crippen molar-refractivity contribution in [2.75, 3.05) is 0 Å². The number of aryl methyl sites for hydroxylation is 1. The SMILES string of the molecule is O=C(O)C=CC=CCCCc1ccccc1. The topological polar surface area (TPSA) is 37.3 Å². The van der Waals surface area contributed by atoms with E-state index in [1.165, 1.54) is 5.56 Å². The number of allylic oxidation sites excluding steroid dienone is 3. The van der Waals surface area contributed by atoms with Gasteiger partial charge in [0, 0.05) is 6.08 Å². The predicted octanol–water partition coefficient (Wildman–Crippen LogP) is 3.21. The summed E-state index contributed by atoms with van der Waals surface area (Å²) < 4.78 is 0. The maximum atomic E-state index is 10.2. The van der Waals surface area contributed by atoms with Crippen LogP contribution in [0.2, 0.25) is 0 Å². The minimum Gasteiger partial charge on any atom is -0.478 e. The van der Waals surface area contributed by atoms with E-state index in [-0.39, 0.29) is 0 Å². The third-order valence-electron chi connectivity index (χ3n) is 2.17. The lowest BCUT2D eigenvalue weighted by Gasteiger charge is -1.97. The van der Waals surface area contributed by atoms with Crippen molar-refractivity contribution in [1.82, 2.24) is 0 Å². The summed E-state index contributed by atoms with van der Waals surface area (Å²) in [6.45, 7) is 0. The van der Waals surface area contributed by atoms with E-state index in [0.29, 0.717) is 0 Å². The van der Waals surface area contributed by atoms with Gasteiger partial charge in [-0.25, -0.2) is 4.79 Å². The van der Waals surface area contributed by atoms with E-state index >= 15 is 0 Å². The molecule has 0 fully saturated rings. The van der Waals surface area contributed by atoms with Crippen molar-refractivity contribution in [2.45, 2.75) is 19.3 Å². The van der Waals surface area contributed by atoms with Crippen molar-refractivity contribution in [3.05, 3.63) is 60.2 Å². The normalized spacial score (nSPS) is 11.2. The van der Waals surface area contributed by atoms with E-state index in [2.05, 4.69) is 12.1 Å². The lowest BCUT2D eigenvalue weighted by Crippen LogP contribution is -1.84. The fourth-order valence-electron chi connectivity index (χ4n) is 1.38. The summed E-state index contributed by atoms with van der Waals surface area (Å²) in [5.41, 5.74) is 1.34. The van der Waals surface area contributed by atoms with Gasteiger partial charge >= 0.3 is 5.97 Å². The smallest absolute Gasteiger partial charge is 0.328 e. The first-order valence-electron chi connectivity index (χ1n) is 5.39. The summed E-state index contributed by atoms with van der Waals surface area (Å²) in [6.07, 6.45) is 9.56. The lowest BCUT2D eigenvalue weighted by molar-refractivity contribution is -0.131. The summed E-state index contributed by atoms with van der Waals surface area (Å²) in [5.74, 6) is -0.908. The second kappa shape index (κ2) is 7.46. The average molecular weight is 216 g/mol. The summed E-state index contributed by atoms with van der Waals surface area (Å²) in [6, 6.07) is 10.3. The van der Waals surface area contributed by atoms with Crippen LogP contribution in [-0.2, 0) is 11.2 Å². The molecule has 0 radical (unpaired) electrons. The molecule has 2 heteroatoms. The Morgan fingerprint density at radius 1 is 1.19 bits per heavy atom. The fourth-order valence-corrected chi connectivity index (χ4v) is 1.38. The predicted molar refractivity (Wildman–Crippen MR) is 65.3 cm³/mol. The standard InChI is InChI=1S/C14H16O2/c15-14(16)12-8-3-1-2-5-9-13-10-6-4-7-11-13/h1,3-4,6-8,10-12H,2,5,9H2,(H,15,16). The van der Waals surface area contributed by atoms with Gasteiger partial charge in [0.15, 0.2) is 0 Å². The molecule has 0 aliphatic heterocycles. The Bertz CT molecular complexity index is 364. The molecule has 0 bridgehead atoms. The lowest BCUT2D eigenvalue weighted by atomic mass is 10.1. The first-order valence-corrected chi connectivity index (χ1v) is 5.39. The first-order chi connectivity index (χ1) is 7.79. The van der Waals surface area contributed by atoms with Crippen LogP contribution in [0.4, 0.5) is 0 Å². The van der Waals surface area contributed by atoms with Crippen LogP contribution in [0.1, 0.15) is 18.4 Å². The van der Waals surface area contributed by atoms with Crippen LogP contribution >= 0.6 is 0 Å². The van der Waals surface area contributed by atoms with E-state index in [1.807, 2.05) is 24.3 Å². The molecule has 0 aromatic heterocycles. The first kappa shape index (κ1) is 12.2. The highest BCUT2D eigenvalue weighted by Gasteiger charge is 1.89. The molecule has 0 saturated heterocycles. The summed E-state index contributed by atoms with van der Waals surface area (Å²) in [7, 11) is 0. The molecule has 0 aliphatic carbocycles. The van der Waals surface area contributed by atoms with Crippen molar-refractivity contribution in [2.24, 2.45) is 0 Å². The number of rotatable bonds is 6. The third-order valence-corrected chi connectivity index (χ3v) is 2.17. The van der Waals surface area contributed by atoms with Crippen molar-refractivity contribution in [3.63, 3.8) is 0 Å². The van der Waals surface area contributed by atoms with Crippen molar-refractivity contribution >= 4 is 5.97 Å². The van der Waals surface area contributed by atoms with Gasteiger partial charge in [-0.05, 0) is 24.8 Å². The Morgan fingerprint density at radius 2 is 1.94 bits per heavy atom. The third kappa shape index (κ3) is 5.81. The van der Waals surface area contributed by atoms with Crippen LogP contribution in [0.25, 0.3) is 0 Å². The summed E-state index contributed by atoms with van der Waals surface area (Å²) in [4.78, 5) is 10.2. The molecule has 0 aliphatic rings. The molecule has 0 amide bonds. The van der Waals surface area contributed by atoms with Crippen LogP contribution < -0.4 is 0 Å². The van der Waals surface area contributed by atoms with Gasteiger partial charge in [0.1, 0.15) is 0 Å². The number of hydrogen-bond donors (Lipinski definition) is 1. The molecule has 0 atom stereocenters. The minimum absolute atomic E-state index is 0.908. The van der Waals surface area contributed by atoms with E-state index in [1.54, 1.807) is 12.2 Å². The summed E-state index contributed by atoms with van der Waals surface area (Å²) >= 11 is 0. The number of hydrogen-bond acceptors (Lipinski definition) is 1. The minimum atomic E-state index is -0.908. The number of benzene rings is 1. The quantitative estimate of drug-likeness (QED) is 0.450. The van der Waals surface area contributed by atoms with E-state index in [9.17, 15) is 4.79 Å². The van der Waals surface area contributed by atoms with Gasteiger partial charge in [0.05, 0.1) is 0 Å². The van der Waals surface area contributed by atoms with E-state index < -0.39 is 5.97 Å². The van der Waals surface area contributed by atoms with Gasteiger partial charge in [0.2, 0.25) is 0 Å². The maximum Gasteiger partial charge on any atom is 0.328 e. The highest BCUT2D eigenvalue weighted by Crippen LogP contribution is 2.04. The van der Waals surface area contributed by atoms with Crippen LogP contribution in [0.3, 0.4) is 0 Å². The van der Waals surface area contributed by atoms with E-state index in [0.717, 1.165) is 25.3 Å². The molecule has 84 valence electrons. The van der Waals surface area contributed by atoms with Crippen molar-refractivity contribution < 1.29 is 9.90 Å². The van der Waals surface area contributed by atoms with Gasteiger partial charge in [-0.15, -0.1) is 0 Å². The number of carboxylic acids is 1. The molecule has 16 heavy (non-hydrogen) atoms. The van der Waals surface area contributed by atoms with Gasteiger partial charge in [-0.2, -0.15) is 0 Å². The van der Waals surface area contributed by atoms with Crippen molar-refractivity contribution in [1.29, 1.82) is 0 Å². The molecule has 0 unspecified atom stereocenters. The number of aliphatic carboxylic acids is 1. The number of carboxylic acid groups (broad SMARTS) is 1.